The second kappa shape index (κ2) is 5.50. The number of carbonyl (C=O) groups is 1. The second-order valence-corrected chi connectivity index (χ2v) is 4.77. The Morgan fingerprint density at radius 2 is 2.13 bits per heavy atom. The summed E-state index contributed by atoms with van der Waals surface area (Å²) < 4.78 is 0. The predicted molar refractivity (Wildman–Crippen MR) is 60.7 cm³/mol. The van der Waals surface area contributed by atoms with Gasteiger partial charge in [0, 0.05) is 25.6 Å². The van der Waals surface area contributed by atoms with E-state index >= 15 is 0 Å². The number of nitrogens with zero attached hydrogens (tertiary/aromatic N) is 1. The van der Waals surface area contributed by atoms with Crippen molar-refractivity contribution in [2.75, 3.05) is 19.6 Å². The van der Waals surface area contributed by atoms with Crippen LogP contribution in [0.4, 0.5) is 0 Å². The number of hydrogen-bond donors (Lipinski definition) is 1. The third kappa shape index (κ3) is 3.82. The number of likely N-dealkylation sites (tertiary alicyclic amines) is 1. The monoisotopic (exact) mass is 210 g/mol. The van der Waals surface area contributed by atoms with Gasteiger partial charge < -0.3 is 10.2 Å². The summed E-state index contributed by atoms with van der Waals surface area (Å²) in [5.41, 5.74) is 0. The molecular formula is C12H22N2O. The van der Waals surface area contributed by atoms with E-state index in [0.29, 0.717) is 5.91 Å². The van der Waals surface area contributed by atoms with Crippen molar-refractivity contribution in [3.63, 3.8) is 0 Å². The Kier molecular flexibility index (Phi) is 4.01. The SMILES string of the molecule is O=C1CCCCCN1CCCNC1CC1. The standard InChI is InChI=1S/C12H22N2O/c15-12-5-2-1-3-9-14(12)10-4-8-13-11-6-7-11/h11,13H,1-10H2. The largest absolute Gasteiger partial charge is 0.343 e. The zero-order chi connectivity index (χ0) is 10.5. The maximum atomic E-state index is 11.7. The van der Waals surface area contributed by atoms with E-state index in [1.807, 2.05) is 0 Å². The highest BCUT2D eigenvalue weighted by Gasteiger charge is 2.20. The molecule has 0 aromatic rings. The van der Waals surface area contributed by atoms with E-state index in [1.54, 1.807) is 0 Å². The molecule has 86 valence electrons. The molecule has 1 aliphatic heterocycles. The van der Waals surface area contributed by atoms with Gasteiger partial charge in [0.15, 0.2) is 0 Å². The van der Waals surface area contributed by atoms with Gasteiger partial charge in [-0.05, 0) is 38.6 Å². The van der Waals surface area contributed by atoms with Crippen LogP contribution in [0.2, 0.25) is 0 Å². The van der Waals surface area contributed by atoms with Gasteiger partial charge in [-0.3, -0.25) is 4.79 Å². The molecule has 1 N–H and O–H groups in total. The van der Waals surface area contributed by atoms with Crippen molar-refractivity contribution in [3.05, 3.63) is 0 Å². The molecule has 1 heterocycles. The minimum Gasteiger partial charge on any atom is -0.343 e. The molecule has 0 aromatic carbocycles. The van der Waals surface area contributed by atoms with Gasteiger partial charge >= 0.3 is 0 Å². The van der Waals surface area contributed by atoms with E-state index in [-0.39, 0.29) is 0 Å². The molecule has 2 aliphatic rings. The first-order valence-electron chi connectivity index (χ1n) is 6.37. The van der Waals surface area contributed by atoms with E-state index in [2.05, 4.69) is 10.2 Å². The van der Waals surface area contributed by atoms with Crippen molar-refractivity contribution in [3.8, 4) is 0 Å². The summed E-state index contributed by atoms with van der Waals surface area (Å²) in [5, 5.41) is 3.49. The fraction of sp³-hybridized carbons (Fsp3) is 0.917. The van der Waals surface area contributed by atoms with Gasteiger partial charge in [-0.2, -0.15) is 0 Å². The number of nitrogens with one attached hydrogen (secondary N) is 1. The predicted octanol–water partition coefficient (Wildman–Crippen LogP) is 1.53. The highest BCUT2D eigenvalue weighted by Crippen LogP contribution is 2.18. The summed E-state index contributed by atoms with van der Waals surface area (Å²) in [6, 6.07) is 0.796. The summed E-state index contributed by atoms with van der Waals surface area (Å²) in [5.74, 6) is 0.374. The van der Waals surface area contributed by atoms with Crippen LogP contribution >= 0.6 is 0 Å². The highest BCUT2D eigenvalue weighted by molar-refractivity contribution is 5.76. The van der Waals surface area contributed by atoms with Crippen LogP contribution in [0.5, 0.6) is 0 Å². The third-order valence-electron chi connectivity index (χ3n) is 3.29. The Morgan fingerprint density at radius 3 is 2.93 bits per heavy atom. The molecule has 2 fully saturated rings. The number of carbonyl (C=O) groups excluding carboxylic acids is 1. The summed E-state index contributed by atoms with van der Waals surface area (Å²) >= 11 is 0. The lowest BCUT2D eigenvalue weighted by Crippen LogP contribution is -2.33. The van der Waals surface area contributed by atoms with Crippen molar-refractivity contribution in [2.24, 2.45) is 0 Å². The van der Waals surface area contributed by atoms with Crippen molar-refractivity contribution in [2.45, 2.75) is 51.0 Å². The molecule has 1 saturated heterocycles. The molecule has 3 heteroatoms. The average Bonchev–Trinajstić information content (AvgIpc) is 3.03. The lowest BCUT2D eigenvalue weighted by Gasteiger charge is -2.20. The summed E-state index contributed by atoms with van der Waals surface area (Å²) in [7, 11) is 0. The van der Waals surface area contributed by atoms with Crippen LogP contribution in [0.3, 0.4) is 0 Å². The van der Waals surface area contributed by atoms with Crippen LogP contribution in [0.1, 0.15) is 44.9 Å². The van der Waals surface area contributed by atoms with Gasteiger partial charge in [-0.15, -0.1) is 0 Å². The Labute approximate surface area is 92.2 Å². The first-order chi connectivity index (χ1) is 7.36. The van der Waals surface area contributed by atoms with Gasteiger partial charge in [-0.1, -0.05) is 6.42 Å². The molecular weight excluding hydrogens is 188 g/mol. The minimum atomic E-state index is 0.374. The van der Waals surface area contributed by atoms with E-state index in [4.69, 9.17) is 0 Å². The Balaban J connectivity index is 1.60. The fourth-order valence-electron chi connectivity index (χ4n) is 2.14. The van der Waals surface area contributed by atoms with Crippen molar-refractivity contribution in [1.82, 2.24) is 10.2 Å². The van der Waals surface area contributed by atoms with E-state index in [1.165, 1.54) is 25.7 Å². The third-order valence-corrected chi connectivity index (χ3v) is 3.29. The topological polar surface area (TPSA) is 32.3 Å². The molecule has 3 nitrogen and oxygen atoms in total. The molecule has 0 spiro atoms. The fourth-order valence-corrected chi connectivity index (χ4v) is 2.14. The normalized spacial score (nSPS) is 22.9. The van der Waals surface area contributed by atoms with Crippen molar-refractivity contribution < 1.29 is 4.79 Å². The molecule has 15 heavy (non-hydrogen) atoms. The van der Waals surface area contributed by atoms with E-state index in [9.17, 15) is 4.79 Å². The molecule has 0 aromatic heterocycles. The maximum absolute atomic E-state index is 11.7. The number of amides is 1. The maximum Gasteiger partial charge on any atom is 0.222 e. The second-order valence-electron chi connectivity index (χ2n) is 4.77. The Bertz CT molecular complexity index is 214. The molecule has 1 amide bonds. The number of rotatable bonds is 5. The first kappa shape index (κ1) is 10.9. The summed E-state index contributed by atoms with van der Waals surface area (Å²) in [6.07, 6.45) is 8.10. The molecule has 0 bridgehead atoms. The van der Waals surface area contributed by atoms with Gasteiger partial charge in [0.25, 0.3) is 0 Å². The van der Waals surface area contributed by atoms with E-state index < -0.39 is 0 Å². The Morgan fingerprint density at radius 1 is 1.27 bits per heavy atom. The van der Waals surface area contributed by atoms with Gasteiger partial charge in [0.05, 0.1) is 0 Å². The van der Waals surface area contributed by atoms with Crippen LogP contribution in [-0.4, -0.2) is 36.5 Å². The highest BCUT2D eigenvalue weighted by atomic mass is 16.2. The molecule has 0 radical (unpaired) electrons. The average molecular weight is 210 g/mol. The van der Waals surface area contributed by atoms with Crippen LogP contribution < -0.4 is 5.32 Å². The molecule has 0 unspecified atom stereocenters. The van der Waals surface area contributed by atoms with Crippen molar-refractivity contribution in [1.29, 1.82) is 0 Å². The molecule has 1 aliphatic carbocycles. The smallest absolute Gasteiger partial charge is 0.222 e. The zero-order valence-corrected chi connectivity index (χ0v) is 9.50. The van der Waals surface area contributed by atoms with Crippen LogP contribution in [-0.2, 0) is 4.79 Å². The van der Waals surface area contributed by atoms with Gasteiger partial charge in [0.2, 0.25) is 5.91 Å². The molecule has 0 atom stereocenters. The van der Waals surface area contributed by atoms with Gasteiger partial charge in [0.1, 0.15) is 0 Å². The van der Waals surface area contributed by atoms with Gasteiger partial charge in [-0.25, -0.2) is 0 Å². The Hall–Kier alpha value is -0.570. The van der Waals surface area contributed by atoms with Crippen molar-refractivity contribution >= 4 is 5.91 Å². The molecule has 2 rings (SSSR count). The van der Waals surface area contributed by atoms with Crippen LogP contribution in [0.15, 0.2) is 0 Å². The molecule has 1 saturated carbocycles. The zero-order valence-electron chi connectivity index (χ0n) is 9.50. The number of hydrogen-bond acceptors (Lipinski definition) is 2. The first-order valence-corrected chi connectivity index (χ1v) is 6.37. The van der Waals surface area contributed by atoms with E-state index in [0.717, 1.165) is 44.9 Å². The summed E-state index contributed by atoms with van der Waals surface area (Å²) in [6.45, 7) is 3.02. The van der Waals surface area contributed by atoms with Crippen LogP contribution in [0.25, 0.3) is 0 Å². The van der Waals surface area contributed by atoms with Crippen LogP contribution in [0, 0.1) is 0 Å². The summed E-state index contributed by atoms with van der Waals surface area (Å²) in [4.78, 5) is 13.7. The quantitative estimate of drug-likeness (QED) is 0.698. The minimum absolute atomic E-state index is 0.374. The lowest BCUT2D eigenvalue weighted by molar-refractivity contribution is -0.130. The lowest BCUT2D eigenvalue weighted by atomic mass is 10.2.